The fourth-order valence-corrected chi connectivity index (χ4v) is 2.60. The molecule has 1 aliphatic rings. The summed E-state index contributed by atoms with van der Waals surface area (Å²) in [7, 11) is 3.40. The van der Waals surface area contributed by atoms with Gasteiger partial charge < -0.3 is 14.4 Å². The fraction of sp³-hybridized carbons (Fsp3) is 0.500. The Bertz CT molecular complexity index is 553. The molecule has 0 aromatic heterocycles. The van der Waals surface area contributed by atoms with Crippen LogP contribution < -0.4 is 9.64 Å². The molecule has 0 spiro atoms. The number of esters is 1. The largest absolute Gasteiger partial charge is 0.496 e. The quantitative estimate of drug-likeness (QED) is 0.797. The van der Waals surface area contributed by atoms with Gasteiger partial charge in [-0.2, -0.15) is 0 Å². The van der Waals surface area contributed by atoms with Gasteiger partial charge in [0.1, 0.15) is 5.75 Å². The van der Waals surface area contributed by atoms with E-state index in [1.54, 1.807) is 19.1 Å². The van der Waals surface area contributed by atoms with Crippen LogP contribution in [0.25, 0.3) is 0 Å². The van der Waals surface area contributed by atoms with E-state index in [2.05, 4.69) is 6.07 Å². The monoisotopic (exact) mass is 291 g/mol. The summed E-state index contributed by atoms with van der Waals surface area (Å²) < 4.78 is 10.4. The normalized spacial score (nSPS) is 14.4. The van der Waals surface area contributed by atoms with Crippen LogP contribution in [0.15, 0.2) is 12.1 Å². The maximum absolute atomic E-state index is 11.9. The number of nitrogens with zero attached hydrogens (tertiary/aromatic N) is 1. The van der Waals surface area contributed by atoms with Gasteiger partial charge in [0.2, 0.25) is 5.91 Å². The molecule has 0 N–H and O–H groups in total. The highest BCUT2D eigenvalue weighted by molar-refractivity contribution is 5.94. The van der Waals surface area contributed by atoms with Gasteiger partial charge in [-0.05, 0) is 30.0 Å². The number of amides is 1. The summed E-state index contributed by atoms with van der Waals surface area (Å²) >= 11 is 0. The van der Waals surface area contributed by atoms with Crippen molar-refractivity contribution in [3.05, 3.63) is 23.3 Å². The Kier molecular flexibility index (Phi) is 4.83. The van der Waals surface area contributed by atoms with Crippen molar-refractivity contribution in [3.63, 3.8) is 0 Å². The van der Waals surface area contributed by atoms with Gasteiger partial charge >= 0.3 is 5.97 Å². The molecule has 1 heterocycles. The number of ether oxygens (including phenoxy) is 2. The van der Waals surface area contributed by atoms with Crippen molar-refractivity contribution in [2.24, 2.45) is 0 Å². The van der Waals surface area contributed by atoms with Crippen LogP contribution in [0, 0.1) is 0 Å². The van der Waals surface area contributed by atoms with Gasteiger partial charge in [0.15, 0.2) is 0 Å². The first-order valence-corrected chi connectivity index (χ1v) is 7.12. The molecule has 1 amide bonds. The average molecular weight is 291 g/mol. The van der Waals surface area contributed by atoms with Crippen LogP contribution in [-0.2, 0) is 27.2 Å². The zero-order valence-electron chi connectivity index (χ0n) is 12.8. The van der Waals surface area contributed by atoms with Gasteiger partial charge in [-0.3, -0.25) is 9.59 Å². The minimum absolute atomic E-state index is 0.128. The van der Waals surface area contributed by atoms with E-state index < -0.39 is 0 Å². The van der Waals surface area contributed by atoms with Crippen molar-refractivity contribution in [1.82, 2.24) is 0 Å². The summed E-state index contributed by atoms with van der Waals surface area (Å²) in [6.07, 6.45) is 2.89. The van der Waals surface area contributed by atoms with E-state index in [0.29, 0.717) is 19.4 Å². The second kappa shape index (κ2) is 6.61. The third kappa shape index (κ3) is 3.54. The van der Waals surface area contributed by atoms with Crippen molar-refractivity contribution >= 4 is 17.6 Å². The predicted molar refractivity (Wildman–Crippen MR) is 79.7 cm³/mol. The highest BCUT2D eigenvalue weighted by Crippen LogP contribution is 2.33. The fourth-order valence-electron chi connectivity index (χ4n) is 2.60. The number of anilines is 1. The number of carbonyl (C=O) groups excluding carboxylic acids is 2. The smallest absolute Gasteiger partial charge is 0.302 e. The summed E-state index contributed by atoms with van der Waals surface area (Å²) in [5.41, 5.74) is 3.05. The van der Waals surface area contributed by atoms with E-state index in [0.717, 1.165) is 35.4 Å². The second-order valence-electron chi connectivity index (χ2n) is 5.19. The van der Waals surface area contributed by atoms with E-state index in [1.165, 1.54) is 6.92 Å². The maximum atomic E-state index is 11.9. The Labute approximate surface area is 124 Å². The highest BCUT2D eigenvalue weighted by Gasteiger charge is 2.21. The SMILES string of the molecule is COc1cc2c(cc1CCOC(C)=O)CCCC(=O)N2C. The molecule has 5 nitrogen and oxygen atoms in total. The zero-order chi connectivity index (χ0) is 15.4. The van der Waals surface area contributed by atoms with Crippen molar-refractivity contribution in [3.8, 4) is 5.75 Å². The maximum Gasteiger partial charge on any atom is 0.302 e. The minimum atomic E-state index is -0.283. The number of hydrogen-bond donors (Lipinski definition) is 0. The summed E-state index contributed by atoms with van der Waals surface area (Å²) in [5.74, 6) is 0.569. The van der Waals surface area contributed by atoms with Crippen LogP contribution in [0.3, 0.4) is 0 Å². The molecule has 0 saturated carbocycles. The number of hydrogen-bond acceptors (Lipinski definition) is 4. The molecule has 0 bridgehead atoms. The molecule has 21 heavy (non-hydrogen) atoms. The van der Waals surface area contributed by atoms with E-state index >= 15 is 0 Å². The molecule has 0 fully saturated rings. The van der Waals surface area contributed by atoms with Crippen molar-refractivity contribution in [2.75, 3.05) is 25.7 Å². The summed E-state index contributed by atoms with van der Waals surface area (Å²) in [4.78, 5) is 24.5. The third-order valence-electron chi connectivity index (χ3n) is 3.73. The lowest BCUT2D eigenvalue weighted by Crippen LogP contribution is -2.25. The van der Waals surface area contributed by atoms with Gasteiger partial charge in [0, 0.05) is 32.9 Å². The summed E-state index contributed by atoms with van der Waals surface area (Å²) in [6.45, 7) is 1.73. The molecule has 0 atom stereocenters. The van der Waals surface area contributed by atoms with Crippen LogP contribution in [0.1, 0.15) is 30.9 Å². The first-order valence-electron chi connectivity index (χ1n) is 7.12. The number of fused-ring (bicyclic) bond motifs is 1. The molecule has 0 radical (unpaired) electrons. The lowest BCUT2D eigenvalue weighted by molar-refractivity contribution is -0.140. The average Bonchev–Trinajstić information content (AvgIpc) is 2.58. The molecular weight excluding hydrogens is 270 g/mol. The molecule has 114 valence electrons. The van der Waals surface area contributed by atoms with E-state index in [1.807, 2.05) is 6.07 Å². The standard InChI is InChI=1S/C16H21NO4/c1-11(18)21-8-7-13-9-12-5-4-6-16(19)17(2)14(12)10-15(13)20-3/h9-10H,4-8H2,1-3H3. The Balaban J connectivity index is 2.29. The van der Waals surface area contributed by atoms with Crippen molar-refractivity contribution < 1.29 is 19.1 Å². The third-order valence-corrected chi connectivity index (χ3v) is 3.73. The Morgan fingerprint density at radius 2 is 2.10 bits per heavy atom. The molecule has 0 unspecified atom stereocenters. The minimum Gasteiger partial charge on any atom is -0.496 e. The molecule has 0 aliphatic carbocycles. The molecule has 1 aromatic rings. The van der Waals surface area contributed by atoms with E-state index in [4.69, 9.17) is 9.47 Å². The number of aryl methyl sites for hydroxylation is 1. The highest BCUT2D eigenvalue weighted by atomic mass is 16.5. The van der Waals surface area contributed by atoms with E-state index in [9.17, 15) is 9.59 Å². The predicted octanol–water partition coefficient (Wildman–Crippen LogP) is 2.10. The van der Waals surface area contributed by atoms with Crippen LogP contribution in [0.4, 0.5) is 5.69 Å². The van der Waals surface area contributed by atoms with Gasteiger partial charge in [0.25, 0.3) is 0 Å². The van der Waals surface area contributed by atoms with Crippen LogP contribution in [0.5, 0.6) is 5.75 Å². The van der Waals surface area contributed by atoms with Crippen LogP contribution in [0.2, 0.25) is 0 Å². The van der Waals surface area contributed by atoms with E-state index in [-0.39, 0.29) is 11.9 Å². The number of methoxy groups -OCH3 is 1. The molecule has 0 saturated heterocycles. The first kappa shape index (κ1) is 15.4. The molecule has 1 aromatic carbocycles. The van der Waals surface area contributed by atoms with Crippen LogP contribution >= 0.6 is 0 Å². The lowest BCUT2D eigenvalue weighted by atomic mass is 10.0. The lowest BCUT2D eigenvalue weighted by Gasteiger charge is -2.20. The topological polar surface area (TPSA) is 55.8 Å². The Morgan fingerprint density at radius 1 is 1.33 bits per heavy atom. The number of rotatable bonds is 4. The number of carbonyl (C=O) groups is 2. The van der Waals surface area contributed by atoms with Gasteiger partial charge in [-0.25, -0.2) is 0 Å². The van der Waals surface area contributed by atoms with Crippen molar-refractivity contribution in [1.29, 1.82) is 0 Å². The van der Waals surface area contributed by atoms with Gasteiger partial charge in [0.05, 0.1) is 19.4 Å². The molecule has 1 aliphatic heterocycles. The van der Waals surface area contributed by atoms with Gasteiger partial charge in [-0.15, -0.1) is 0 Å². The zero-order valence-corrected chi connectivity index (χ0v) is 12.8. The number of benzene rings is 1. The van der Waals surface area contributed by atoms with Crippen molar-refractivity contribution in [2.45, 2.75) is 32.6 Å². The molecule has 5 heteroatoms. The summed E-state index contributed by atoms with van der Waals surface area (Å²) in [6, 6.07) is 3.97. The second-order valence-corrected chi connectivity index (χ2v) is 5.19. The van der Waals surface area contributed by atoms with Crippen LogP contribution in [-0.4, -0.2) is 32.6 Å². The molecular formula is C16H21NO4. The first-order chi connectivity index (χ1) is 10.0. The summed E-state index contributed by atoms with van der Waals surface area (Å²) in [5, 5.41) is 0. The Morgan fingerprint density at radius 3 is 2.76 bits per heavy atom. The Hall–Kier alpha value is -2.04. The van der Waals surface area contributed by atoms with Gasteiger partial charge in [-0.1, -0.05) is 0 Å². The molecule has 2 rings (SSSR count).